The molecule has 1 N–H and O–H groups in total. The van der Waals surface area contributed by atoms with Crippen molar-refractivity contribution < 1.29 is 0 Å². The van der Waals surface area contributed by atoms with E-state index in [4.69, 9.17) is 0 Å². The monoisotopic (exact) mass is 254 g/mol. The van der Waals surface area contributed by atoms with Gasteiger partial charge in [-0.15, -0.1) is 0 Å². The van der Waals surface area contributed by atoms with Gasteiger partial charge in [-0.25, -0.2) is 0 Å². The molecule has 2 heteroatoms. The minimum atomic E-state index is 0.754. The lowest BCUT2D eigenvalue weighted by Crippen LogP contribution is -2.50. The van der Waals surface area contributed by atoms with Crippen molar-refractivity contribution in [3.63, 3.8) is 0 Å². The van der Waals surface area contributed by atoms with Crippen LogP contribution in [0.25, 0.3) is 0 Å². The van der Waals surface area contributed by atoms with Crippen molar-refractivity contribution >= 4 is 0 Å². The van der Waals surface area contributed by atoms with Crippen molar-refractivity contribution in [3.05, 3.63) is 0 Å². The third-order valence-corrected chi connectivity index (χ3v) is 4.46. The van der Waals surface area contributed by atoms with Crippen molar-refractivity contribution in [2.75, 3.05) is 13.1 Å². The van der Waals surface area contributed by atoms with Crippen molar-refractivity contribution in [2.45, 2.75) is 90.8 Å². The number of hydrogen-bond donors (Lipinski definition) is 1. The minimum absolute atomic E-state index is 0.754. The maximum atomic E-state index is 3.61. The van der Waals surface area contributed by atoms with Gasteiger partial charge in [0.25, 0.3) is 0 Å². The molecule has 0 spiro atoms. The fourth-order valence-corrected chi connectivity index (χ4v) is 3.35. The molecule has 0 amide bonds. The molecule has 1 rings (SSSR count). The molecule has 1 aliphatic rings. The predicted molar refractivity (Wildman–Crippen MR) is 81.1 cm³/mol. The highest BCUT2D eigenvalue weighted by Crippen LogP contribution is 2.22. The van der Waals surface area contributed by atoms with Crippen molar-refractivity contribution in [2.24, 2.45) is 0 Å². The van der Waals surface area contributed by atoms with E-state index in [1.807, 2.05) is 0 Å². The second kappa shape index (κ2) is 8.92. The SMILES string of the molecule is CCCCCCC(C)N1CCC(NCC)CC1C. The van der Waals surface area contributed by atoms with E-state index in [0.717, 1.165) is 24.7 Å². The summed E-state index contributed by atoms with van der Waals surface area (Å²) < 4.78 is 0. The van der Waals surface area contributed by atoms with E-state index in [0.29, 0.717) is 0 Å². The quantitative estimate of drug-likeness (QED) is 0.663. The van der Waals surface area contributed by atoms with Crippen LogP contribution in [-0.2, 0) is 0 Å². The van der Waals surface area contributed by atoms with Gasteiger partial charge in [-0.2, -0.15) is 0 Å². The van der Waals surface area contributed by atoms with Crippen LogP contribution in [0.5, 0.6) is 0 Å². The highest BCUT2D eigenvalue weighted by Gasteiger charge is 2.27. The van der Waals surface area contributed by atoms with Gasteiger partial charge >= 0.3 is 0 Å². The normalized spacial score (nSPS) is 27.3. The van der Waals surface area contributed by atoms with E-state index >= 15 is 0 Å². The van der Waals surface area contributed by atoms with Crippen LogP contribution < -0.4 is 5.32 Å². The molecular formula is C16H34N2. The summed E-state index contributed by atoms with van der Waals surface area (Å²) in [5.74, 6) is 0. The second-order valence-corrected chi connectivity index (χ2v) is 6.06. The summed E-state index contributed by atoms with van der Waals surface area (Å²) in [6, 6.07) is 2.29. The Bertz CT molecular complexity index is 205. The summed E-state index contributed by atoms with van der Waals surface area (Å²) in [5.41, 5.74) is 0. The van der Waals surface area contributed by atoms with Crippen molar-refractivity contribution in [1.29, 1.82) is 0 Å². The zero-order valence-electron chi connectivity index (χ0n) is 13.0. The first-order chi connectivity index (χ1) is 8.69. The Morgan fingerprint density at radius 1 is 1.22 bits per heavy atom. The van der Waals surface area contributed by atoms with Crippen LogP contribution in [-0.4, -0.2) is 36.1 Å². The summed E-state index contributed by atoms with van der Waals surface area (Å²) in [6.07, 6.45) is 9.63. The molecule has 3 unspecified atom stereocenters. The van der Waals surface area contributed by atoms with E-state index in [9.17, 15) is 0 Å². The average molecular weight is 254 g/mol. The Kier molecular flexibility index (Phi) is 7.92. The zero-order valence-corrected chi connectivity index (χ0v) is 13.0. The van der Waals surface area contributed by atoms with Gasteiger partial charge in [0.2, 0.25) is 0 Å². The lowest BCUT2D eigenvalue weighted by atomic mass is 9.95. The molecule has 2 nitrogen and oxygen atoms in total. The first kappa shape index (κ1) is 16.0. The fourth-order valence-electron chi connectivity index (χ4n) is 3.35. The van der Waals surface area contributed by atoms with Gasteiger partial charge in [0.1, 0.15) is 0 Å². The molecule has 18 heavy (non-hydrogen) atoms. The van der Waals surface area contributed by atoms with Gasteiger partial charge in [0.05, 0.1) is 0 Å². The minimum Gasteiger partial charge on any atom is -0.314 e. The molecule has 0 aromatic carbocycles. The van der Waals surface area contributed by atoms with Crippen molar-refractivity contribution in [1.82, 2.24) is 10.2 Å². The van der Waals surface area contributed by atoms with Crippen LogP contribution in [0, 0.1) is 0 Å². The summed E-state index contributed by atoms with van der Waals surface area (Å²) >= 11 is 0. The van der Waals surface area contributed by atoms with Crippen LogP contribution in [0.4, 0.5) is 0 Å². The van der Waals surface area contributed by atoms with Crippen LogP contribution in [0.1, 0.15) is 72.6 Å². The van der Waals surface area contributed by atoms with Gasteiger partial charge in [0.15, 0.2) is 0 Å². The molecule has 0 aliphatic carbocycles. The number of rotatable bonds is 8. The fraction of sp³-hybridized carbons (Fsp3) is 1.00. The van der Waals surface area contributed by atoms with Crippen LogP contribution in [0.15, 0.2) is 0 Å². The van der Waals surface area contributed by atoms with E-state index in [-0.39, 0.29) is 0 Å². The van der Waals surface area contributed by atoms with E-state index < -0.39 is 0 Å². The molecule has 0 radical (unpaired) electrons. The lowest BCUT2D eigenvalue weighted by Gasteiger charge is -2.41. The van der Waals surface area contributed by atoms with Gasteiger partial charge < -0.3 is 5.32 Å². The molecule has 0 bridgehead atoms. The van der Waals surface area contributed by atoms with Crippen LogP contribution in [0.2, 0.25) is 0 Å². The number of unbranched alkanes of at least 4 members (excludes halogenated alkanes) is 3. The number of piperidine rings is 1. The first-order valence-corrected chi connectivity index (χ1v) is 8.18. The Balaban J connectivity index is 2.24. The largest absolute Gasteiger partial charge is 0.314 e. The standard InChI is InChI=1S/C16H34N2/c1-5-7-8-9-10-14(3)18-12-11-16(17-6-2)13-15(18)4/h14-17H,5-13H2,1-4H3. The lowest BCUT2D eigenvalue weighted by molar-refractivity contribution is 0.0904. The molecule has 0 saturated carbocycles. The number of likely N-dealkylation sites (tertiary alicyclic amines) is 1. The Hall–Kier alpha value is -0.0800. The summed E-state index contributed by atoms with van der Waals surface area (Å²) in [4.78, 5) is 2.74. The molecule has 1 saturated heterocycles. The second-order valence-electron chi connectivity index (χ2n) is 6.06. The molecular weight excluding hydrogens is 220 g/mol. The summed E-state index contributed by atoms with van der Waals surface area (Å²) in [7, 11) is 0. The first-order valence-electron chi connectivity index (χ1n) is 8.18. The molecule has 3 atom stereocenters. The van der Waals surface area contributed by atoms with Crippen LogP contribution in [0.3, 0.4) is 0 Å². The molecule has 1 fully saturated rings. The number of nitrogens with zero attached hydrogens (tertiary/aromatic N) is 1. The van der Waals surface area contributed by atoms with Gasteiger partial charge in [-0.1, -0.05) is 39.5 Å². The highest BCUT2D eigenvalue weighted by atomic mass is 15.2. The van der Waals surface area contributed by atoms with Crippen LogP contribution >= 0.6 is 0 Å². The Labute approximate surface area is 115 Å². The maximum absolute atomic E-state index is 3.61. The summed E-state index contributed by atoms with van der Waals surface area (Å²) in [5, 5.41) is 3.61. The Morgan fingerprint density at radius 3 is 2.61 bits per heavy atom. The van der Waals surface area contributed by atoms with Gasteiger partial charge in [0, 0.05) is 24.7 Å². The number of hydrogen-bond acceptors (Lipinski definition) is 2. The smallest absolute Gasteiger partial charge is 0.00939 e. The van der Waals surface area contributed by atoms with Gasteiger partial charge in [-0.05, 0) is 39.7 Å². The third kappa shape index (κ3) is 5.27. The number of nitrogens with one attached hydrogen (secondary N) is 1. The topological polar surface area (TPSA) is 15.3 Å². The van der Waals surface area contributed by atoms with E-state index in [2.05, 4.69) is 37.9 Å². The van der Waals surface area contributed by atoms with Crippen molar-refractivity contribution in [3.8, 4) is 0 Å². The maximum Gasteiger partial charge on any atom is 0.00939 e. The van der Waals surface area contributed by atoms with E-state index in [1.165, 1.54) is 51.5 Å². The molecule has 108 valence electrons. The highest BCUT2D eigenvalue weighted by molar-refractivity contribution is 4.85. The molecule has 1 aliphatic heterocycles. The van der Waals surface area contributed by atoms with Gasteiger partial charge in [-0.3, -0.25) is 4.90 Å². The summed E-state index contributed by atoms with van der Waals surface area (Å²) in [6.45, 7) is 11.7. The predicted octanol–water partition coefficient (Wildman–Crippen LogP) is 3.81. The Morgan fingerprint density at radius 2 is 2.00 bits per heavy atom. The average Bonchev–Trinajstić information content (AvgIpc) is 2.35. The molecule has 0 aromatic heterocycles. The molecule has 1 heterocycles. The zero-order chi connectivity index (χ0) is 13.4. The van der Waals surface area contributed by atoms with E-state index in [1.54, 1.807) is 0 Å². The molecule has 0 aromatic rings. The third-order valence-electron chi connectivity index (χ3n) is 4.46.